The molecule has 0 aromatic heterocycles. The molecule has 3 N–H and O–H groups in total. The summed E-state index contributed by atoms with van der Waals surface area (Å²) in [6.45, 7) is 0.168. The Morgan fingerprint density at radius 1 is 1.29 bits per heavy atom. The van der Waals surface area contributed by atoms with E-state index in [2.05, 4.69) is 0 Å². The second-order valence-electron chi connectivity index (χ2n) is 5.07. The van der Waals surface area contributed by atoms with Crippen LogP contribution in [0.4, 0.5) is 0 Å². The van der Waals surface area contributed by atoms with E-state index >= 15 is 0 Å². The van der Waals surface area contributed by atoms with E-state index in [1.54, 1.807) is 12.2 Å². The summed E-state index contributed by atoms with van der Waals surface area (Å²) in [7, 11) is 0. The highest BCUT2D eigenvalue weighted by molar-refractivity contribution is 5.92. The van der Waals surface area contributed by atoms with E-state index in [-0.39, 0.29) is 13.0 Å². The van der Waals surface area contributed by atoms with Crippen LogP contribution in [0.3, 0.4) is 0 Å². The van der Waals surface area contributed by atoms with Crippen LogP contribution in [0, 0.1) is 0 Å². The number of benzene rings is 1. The Labute approximate surface area is 122 Å². The number of carboxylic acid groups (broad SMARTS) is 1. The maximum atomic E-state index is 12.0. The first-order chi connectivity index (χ1) is 9.98. The van der Waals surface area contributed by atoms with E-state index in [4.69, 9.17) is 15.6 Å². The Hall–Kier alpha value is -2.40. The van der Waals surface area contributed by atoms with Crippen molar-refractivity contribution >= 4 is 11.9 Å². The van der Waals surface area contributed by atoms with E-state index in [9.17, 15) is 9.59 Å². The highest BCUT2D eigenvalue weighted by Crippen LogP contribution is 2.23. The summed E-state index contributed by atoms with van der Waals surface area (Å²) < 4.78 is 5.20. The topological polar surface area (TPSA) is 89.6 Å². The average Bonchev–Trinajstić information content (AvgIpc) is 2.44. The number of hydrogen-bond acceptors (Lipinski definition) is 4. The van der Waals surface area contributed by atoms with Gasteiger partial charge in [0.05, 0.1) is 12.0 Å². The largest absolute Gasteiger partial charge is 0.481 e. The molecule has 5 heteroatoms. The van der Waals surface area contributed by atoms with Crippen LogP contribution < -0.4 is 5.73 Å². The Bertz CT molecular complexity index is 592. The molecule has 0 unspecified atom stereocenters. The smallest absolute Gasteiger partial charge is 0.338 e. The molecule has 1 aliphatic carbocycles. The Balaban J connectivity index is 2.01. The standard InChI is InChI=1S/C16H17NO4/c17-16(10-14(18)19)8-4-7-13(9-16)15(20)21-11-12-5-2-1-3-6-12/h1-7,9H,8,10-11,17H2,(H,18,19)/t16-/m0/s1. The van der Waals surface area contributed by atoms with Crippen molar-refractivity contribution in [2.45, 2.75) is 25.0 Å². The fraction of sp³-hybridized carbons (Fsp3) is 0.250. The van der Waals surface area contributed by atoms with E-state index in [0.29, 0.717) is 12.0 Å². The average molecular weight is 287 g/mol. The lowest BCUT2D eigenvalue weighted by Gasteiger charge is -2.26. The zero-order valence-electron chi connectivity index (χ0n) is 11.5. The van der Waals surface area contributed by atoms with Crippen LogP contribution in [-0.4, -0.2) is 22.6 Å². The number of carboxylic acids is 1. The molecule has 0 saturated carbocycles. The van der Waals surface area contributed by atoms with Crippen LogP contribution in [-0.2, 0) is 20.9 Å². The van der Waals surface area contributed by atoms with E-state index in [1.165, 1.54) is 6.08 Å². The number of ether oxygens (including phenoxy) is 1. The van der Waals surface area contributed by atoms with Gasteiger partial charge in [0.25, 0.3) is 0 Å². The van der Waals surface area contributed by atoms with Gasteiger partial charge in [-0.15, -0.1) is 0 Å². The van der Waals surface area contributed by atoms with Crippen molar-refractivity contribution in [2.75, 3.05) is 0 Å². The van der Waals surface area contributed by atoms with Crippen molar-refractivity contribution in [1.29, 1.82) is 0 Å². The third kappa shape index (κ3) is 4.29. The van der Waals surface area contributed by atoms with Gasteiger partial charge in [0.2, 0.25) is 0 Å². The molecule has 0 spiro atoms. The van der Waals surface area contributed by atoms with Gasteiger partial charge in [0.15, 0.2) is 0 Å². The molecular weight excluding hydrogens is 270 g/mol. The summed E-state index contributed by atoms with van der Waals surface area (Å²) in [5.74, 6) is -1.50. The number of carbonyl (C=O) groups is 2. The van der Waals surface area contributed by atoms with Crippen molar-refractivity contribution < 1.29 is 19.4 Å². The minimum absolute atomic E-state index is 0.168. The van der Waals surface area contributed by atoms with Gasteiger partial charge in [-0.25, -0.2) is 4.79 Å². The summed E-state index contributed by atoms with van der Waals surface area (Å²) in [4.78, 5) is 22.8. The van der Waals surface area contributed by atoms with Gasteiger partial charge in [-0.2, -0.15) is 0 Å². The van der Waals surface area contributed by atoms with Gasteiger partial charge in [-0.1, -0.05) is 42.5 Å². The normalized spacial score (nSPS) is 20.7. The quantitative estimate of drug-likeness (QED) is 0.806. The van der Waals surface area contributed by atoms with Crippen molar-refractivity contribution in [1.82, 2.24) is 0 Å². The summed E-state index contributed by atoms with van der Waals surface area (Å²) in [5.41, 5.74) is 6.12. The molecule has 0 saturated heterocycles. The third-order valence-electron chi connectivity index (χ3n) is 3.17. The maximum Gasteiger partial charge on any atom is 0.338 e. The number of carbonyl (C=O) groups excluding carboxylic acids is 1. The molecule has 1 atom stereocenters. The molecule has 110 valence electrons. The highest BCUT2D eigenvalue weighted by atomic mass is 16.5. The molecule has 1 aliphatic rings. The van der Waals surface area contributed by atoms with Gasteiger partial charge in [-0.3, -0.25) is 4.79 Å². The molecule has 21 heavy (non-hydrogen) atoms. The lowest BCUT2D eigenvalue weighted by molar-refractivity contribution is -0.140. The first kappa shape index (κ1) is 15.0. The summed E-state index contributed by atoms with van der Waals surface area (Å²) >= 11 is 0. The summed E-state index contributed by atoms with van der Waals surface area (Å²) in [6, 6.07) is 9.32. The SMILES string of the molecule is N[C@]1(CC(=O)O)C=C(C(=O)OCc2ccccc2)C=CC1. The van der Waals surface area contributed by atoms with Crippen LogP contribution in [0.15, 0.2) is 54.1 Å². The predicted molar refractivity (Wildman–Crippen MR) is 77.2 cm³/mol. The fourth-order valence-electron chi connectivity index (χ4n) is 2.16. The van der Waals surface area contributed by atoms with Crippen molar-refractivity contribution in [2.24, 2.45) is 5.73 Å². The maximum absolute atomic E-state index is 12.0. The second kappa shape index (κ2) is 6.37. The predicted octanol–water partition coefficient (Wildman–Crippen LogP) is 1.79. The molecule has 5 nitrogen and oxygen atoms in total. The Kier molecular flexibility index (Phi) is 4.55. The van der Waals surface area contributed by atoms with Gasteiger partial charge < -0.3 is 15.6 Å². The minimum Gasteiger partial charge on any atom is -0.481 e. The lowest BCUT2D eigenvalue weighted by Crippen LogP contribution is -2.41. The first-order valence-electron chi connectivity index (χ1n) is 6.60. The molecule has 1 aromatic carbocycles. The van der Waals surface area contributed by atoms with Crippen LogP contribution in [0.2, 0.25) is 0 Å². The zero-order valence-corrected chi connectivity index (χ0v) is 11.5. The van der Waals surface area contributed by atoms with Crippen molar-refractivity contribution in [3.8, 4) is 0 Å². The molecule has 0 radical (unpaired) electrons. The number of rotatable bonds is 5. The van der Waals surface area contributed by atoms with Crippen LogP contribution in [0.1, 0.15) is 18.4 Å². The molecule has 0 fully saturated rings. The monoisotopic (exact) mass is 287 g/mol. The number of aliphatic carboxylic acids is 1. The van der Waals surface area contributed by atoms with Crippen LogP contribution in [0.25, 0.3) is 0 Å². The molecule has 1 aromatic rings. The van der Waals surface area contributed by atoms with E-state index in [1.807, 2.05) is 30.3 Å². The van der Waals surface area contributed by atoms with E-state index < -0.39 is 17.5 Å². The lowest BCUT2D eigenvalue weighted by atomic mass is 9.86. The van der Waals surface area contributed by atoms with Gasteiger partial charge in [0, 0.05) is 5.54 Å². The van der Waals surface area contributed by atoms with Crippen molar-refractivity contribution in [3.05, 3.63) is 59.7 Å². The first-order valence-corrected chi connectivity index (χ1v) is 6.60. The van der Waals surface area contributed by atoms with Crippen LogP contribution in [0.5, 0.6) is 0 Å². The molecule has 2 rings (SSSR count). The molecule has 0 heterocycles. The Morgan fingerprint density at radius 2 is 2.00 bits per heavy atom. The summed E-state index contributed by atoms with van der Waals surface area (Å²) in [5, 5.41) is 8.86. The van der Waals surface area contributed by atoms with Crippen LogP contribution >= 0.6 is 0 Å². The molecule has 0 bridgehead atoms. The van der Waals surface area contributed by atoms with Gasteiger partial charge in [0.1, 0.15) is 6.61 Å². The molecule has 0 amide bonds. The second-order valence-corrected chi connectivity index (χ2v) is 5.07. The Morgan fingerprint density at radius 3 is 2.67 bits per heavy atom. The number of hydrogen-bond donors (Lipinski definition) is 2. The third-order valence-corrected chi connectivity index (χ3v) is 3.17. The number of esters is 1. The fourth-order valence-corrected chi connectivity index (χ4v) is 2.16. The molecule has 0 aliphatic heterocycles. The van der Waals surface area contributed by atoms with Crippen molar-refractivity contribution in [3.63, 3.8) is 0 Å². The van der Waals surface area contributed by atoms with Gasteiger partial charge in [-0.05, 0) is 18.1 Å². The minimum atomic E-state index is -1.04. The highest BCUT2D eigenvalue weighted by Gasteiger charge is 2.29. The molecular formula is C16H17NO4. The number of nitrogens with two attached hydrogens (primary N) is 1. The van der Waals surface area contributed by atoms with Gasteiger partial charge >= 0.3 is 11.9 Å². The van der Waals surface area contributed by atoms with E-state index in [0.717, 1.165) is 5.56 Å². The summed E-state index contributed by atoms with van der Waals surface area (Å²) in [6.07, 6.45) is 4.94. The zero-order chi connectivity index (χ0) is 15.3.